The largest absolute Gasteiger partial charge is 0.495 e. The van der Waals surface area contributed by atoms with Gasteiger partial charge in [-0.1, -0.05) is 0 Å². The van der Waals surface area contributed by atoms with Crippen molar-refractivity contribution in [2.45, 2.75) is 24.7 Å². The van der Waals surface area contributed by atoms with Gasteiger partial charge in [-0.15, -0.1) is 0 Å². The number of aryl methyl sites for hydroxylation is 1. The number of methoxy groups -OCH3 is 1. The highest BCUT2D eigenvalue weighted by atomic mass is 32.2. The van der Waals surface area contributed by atoms with E-state index < -0.39 is 15.9 Å². The summed E-state index contributed by atoms with van der Waals surface area (Å²) in [5.74, 6) is -0.286. The Kier molecular flexibility index (Phi) is 6.14. The number of ether oxygens (including phenoxy) is 1. The van der Waals surface area contributed by atoms with Crippen LogP contribution in [0.2, 0.25) is 0 Å². The van der Waals surface area contributed by atoms with Gasteiger partial charge >= 0.3 is 0 Å². The highest BCUT2D eigenvalue weighted by Gasteiger charge is 2.24. The van der Waals surface area contributed by atoms with Crippen molar-refractivity contribution in [2.24, 2.45) is 0 Å². The van der Waals surface area contributed by atoms with E-state index in [1.807, 2.05) is 12.1 Å². The lowest BCUT2D eigenvalue weighted by molar-refractivity contribution is -0.116. The number of carbonyl (C=O) groups excluding carboxylic acids is 2. The number of hydrogen-bond donors (Lipinski definition) is 1. The maximum absolute atomic E-state index is 12.8. The molecule has 1 aliphatic rings. The molecule has 1 heterocycles. The number of benzene rings is 2. The van der Waals surface area contributed by atoms with Crippen LogP contribution < -0.4 is 15.0 Å². The van der Waals surface area contributed by atoms with Crippen molar-refractivity contribution in [2.75, 3.05) is 38.0 Å². The molecule has 8 nitrogen and oxygen atoms in total. The third kappa shape index (κ3) is 4.17. The molecule has 2 aromatic rings. The first-order valence-corrected chi connectivity index (χ1v) is 10.9. The zero-order valence-electron chi connectivity index (χ0n) is 17.4. The molecule has 160 valence electrons. The first-order chi connectivity index (χ1) is 14.1. The fraction of sp³-hybridized carbons (Fsp3) is 0.333. The lowest BCUT2D eigenvalue weighted by Gasteiger charge is -2.29. The molecular formula is C21H25N3O5S. The average molecular weight is 432 g/mol. The number of amides is 2. The molecule has 1 N–H and O–H groups in total. The van der Waals surface area contributed by atoms with Crippen LogP contribution in [0.15, 0.2) is 41.3 Å². The van der Waals surface area contributed by atoms with Gasteiger partial charge in [0.05, 0.1) is 7.11 Å². The monoisotopic (exact) mass is 431 g/mol. The number of anilines is 2. The zero-order valence-corrected chi connectivity index (χ0v) is 18.2. The summed E-state index contributed by atoms with van der Waals surface area (Å²) in [7, 11) is 0.423. The van der Waals surface area contributed by atoms with Gasteiger partial charge in [0.15, 0.2) is 0 Å². The Hall–Kier alpha value is -2.91. The van der Waals surface area contributed by atoms with Crippen molar-refractivity contribution in [1.82, 2.24) is 4.31 Å². The van der Waals surface area contributed by atoms with E-state index in [0.29, 0.717) is 12.2 Å². The van der Waals surface area contributed by atoms with Crippen molar-refractivity contribution < 1.29 is 22.7 Å². The van der Waals surface area contributed by atoms with Gasteiger partial charge in [-0.05, 0) is 54.8 Å². The van der Waals surface area contributed by atoms with E-state index in [9.17, 15) is 18.0 Å². The van der Waals surface area contributed by atoms with Crippen molar-refractivity contribution in [3.05, 3.63) is 47.5 Å². The number of fused-ring (bicyclic) bond motifs is 1. The number of nitrogens with one attached hydrogen (secondary N) is 1. The Labute approximate surface area is 176 Å². The SMILES string of the molecule is COc1ccc(C(=O)Nc2ccc3c(c2)CCCN3C(C)=O)cc1S(=O)(=O)N(C)C. The van der Waals surface area contributed by atoms with Gasteiger partial charge in [-0.2, -0.15) is 0 Å². The topological polar surface area (TPSA) is 96.0 Å². The van der Waals surface area contributed by atoms with Gasteiger partial charge in [0.2, 0.25) is 15.9 Å². The Morgan fingerprint density at radius 1 is 1.13 bits per heavy atom. The van der Waals surface area contributed by atoms with Crippen molar-refractivity contribution in [3.8, 4) is 5.75 Å². The number of rotatable bonds is 5. The minimum absolute atomic E-state index is 0.0133. The predicted octanol–water partition coefficient (Wildman–Crippen LogP) is 2.50. The van der Waals surface area contributed by atoms with Crippen molar-refractivity contribution in [3.63, 3.8) is 0 Å². The first-order valence-electron chi connectivity index (χ1n) is 9.48. The van der Waals surface area contributed by atoms with E-state index in [1.165, 1.54) is 46.3 Å². The lowest BCUT2D eigenvalue weighted by atomic mass is 10.0. The third-order valence-corrected chi connectivity index (χ3v) is 6.86. The Morgan fingerprint density at radius 3 is 2.50 bits per heavy atom. The fourth-order valence-corrected chi connectivity index (χ4v) is 4.50. The second-order valence-corrected chi connectivity index (χ2v) is 9.35. The van der Waals surface area contributed by atoms with Crippen LogP contribution in [0, 0.1) is 0 Å². The van der Waals surface area contributed by atoms with Crippen LogP contribution in [0.4, 0.5) is 11.4 Å². The summed E-state index contributed by atoms with van der Waals surface area (Å²) in [6.45, 7) is 2.22. The molecule has 30 heavy (non-hydrogen) atoms. The number of sulfonamides is 1. The van der Waals surface area contributed by atoms with Gasteiger partial charge in [0.25, 0.3) is 5.91 Å². The van der Waals surface area contributed by atoms with Gasteiger partial charge in [0, 0.05) is 44.5 Å². The Balaban J connectivity index is 1.89. The van der Waals surface area contributed by atoms with E-state index in [2.05, 4.69) is 5.32 Å². The minimum atomic E-state index is -3.78. The van der Waals surface area contributed by atoms with E-state index >= 15 is 0 Å². The second kappa shape index (κ2) is 8.45. The normalized spacial score (nSPS) is 13.7. The maximum Gasteiger partial charge on any atom is 0.255 e. The van der Waals surface area contributed by atoms with Crippen molar-refractivity contribution in [1.29, 1.82) is 0 Å². The molecule has 1 aliphatic heterocycles. The van der Waals surface area contributed by atoms with Crippen LogP contribution in [0.1, 0.15) is 29.3 Å². The van der Waals surface area contributed by atoms with Crippen LogP contribution in [0.25, 0.3) is 0 Å². The molecule has 0 saturated carbocycles. The number of hydrogen-bond acceptors (Lipinski definition) is 5. The highest BCUT2D eigenvalue weighted by Crippen LogP contribution is 2.31. The fourth-order valence-electron chi connectivity index (χ4n) is 3.42. The molecule has 0 bridgehead atoms. The van der Waals surface area contributed by atoms with E-state index in [0.717, 1.165) is 28.4 Å². The van der Waals surface area contributed by atoms with Gasteiger partial charge in [-0.25, -0.2) is 12.7 Å². The van der Waals surface area contributed by atoms with Gasteiger partial charge in [-0.3, -0.25) is 9.59 Å². The van der Waals surface area contributed by atoms with E-state index in [1.54, 1.807) is 11.0 Å². The van der Waals surface area contributed by atoms with Gasteiger partial charge in [0.1, 0.15) is 10.6 Å². The third-order valence-electron chi connectivity index (χ3n) is 5.02. The molecule has 0 spiro atoms. The van der Waals surface area contributed by atoms with E-state index in [4.69, 9.17) is 4.74 Å². The molecule has 0 aromatic heterocycles. The van der Waals surface area contributed by atoms with Crippen LogP contribution in [-0.2, 0) is 21.2 Å². The zero-order chi connectivity index (χ0) is 22.1. The van der Waals surface area contributed by atoms with Crippen LogP contribution in [0.5, 0.6) is 5.75 Å². The molecule has 0 aliphatic carbocycles. The van der Waals surface area contributed by atoms with Crippen LogP contribution >= 0.6 is 0 Å². The Bertz CT molecular complexity index is 1100. The second-order valence-electron chi connectivity index (χ2n) is 7.22. The summed E-state index contributed by atoms with van der Waals surface area (Å²) in [4.78, 5) is 26.2. The van der Waals surface area contributed by atoms with Crippen LogP contribution in [0.3, 0.4) is 0 Å². The molecule has 2 amide bonds. The van der Waals surface area contributed by atoms with Gasteiger partial charge < -0.3 is 15.0 Å². The molecule has 9 heteroatoms. The molecule has 0 radical (unpaired) electrons. The Morgan fingerprint density at radius 2 is 1.87 bits per heavy atom. The quantitative estimate of drug-likeness (QED) is 0.785. The molecular weight excluding hydrogens is 406 g/mol. The summed E-state index contributed by atoms with van der Waals surface area (Å²) in [5.41, 5.74) is 2.62. The molecule has 0 fully saturated rings. The molecule has 3 rings (SSSR count). The molecule has 0 atom stereocenters. The lowest BCUT2D eigenvalue weighted by Crippen LogP contribution is -2.33. The minimum Gasteiger partial charge on any atom is -0.495 e. The summed E-state index contributed by atoms with van der Waals surface area (Å²) in [5, 5.41) is 2.81. The highest BCUT2D eigenvalue weighted by molar-refractivity contribution is 7.89. The standard InChI is InChI=1S/C21H25N3O5S/c1-14(25)24-11-5-6-15-12-17(8-9-18(15)24)22-21(26)16-7-10-19(29-4)20(13-16)30(27,28)23(2)3/h7-10,12-13H,5-6,11H2,1-4H3,(H,22,26). The smallest absolute Gasteiger partial charge is 0.255 e. The average Bonchev–Trinajstić information content (AvgIpc) is 2.72. The molecule has 2 aromatic carbocycles. The molecule has 0 saturated heterocycles. The van der Waals surface area contributed by atoms with Crippen LogP contribution in [-0.4, -0.2) is 52.3 Å². The number of carbonyl (C=O) groups is 2. The molecule has 0 unspecified atom stereocenters. The summed E-state index contributed by atoms with van der Waals surface area (Å²) >= 11 is 0. The first kappa shape index (κ1) is 21.8. The predicted molar refractivity (Wildman–Crippen MR) is 115 cm³/mol. The van der Waals surface area contributed by atoms with E-state index in [-0.39, 0.29) is 22.1 Å². The summed E-state index contributed by atoms with van der Waals surface area (Å²) in [6, 6.07) is 9.69. The summed E-state index contributed by atoms with van der Waals surface area (Å²) in [6.07, 6.45) is 1.67. The summed E-state index contributed by atoms with van der Waals surface area (Å²) < 4.78 is 31.4. The van der Waals surface area contributed by atoms with Crippen molar-refractivity contribution >= 4 is 33.2 Å². The number of nitrogens with zero attached hydrogens (tertiary/aromatic N) is 2. The maximum atomic E-state index is 12.8.